The molecule has 1 aromatic carbocycles. The number of halogens is 1. The monoisotopic (exact) mass is 357 g/mol. The summed E-state index contributed by atoms with van der Waals surface area (Å²) in [6.07, 6.45) is 8.19. The van der Waals surface area contributed by atoms with E-state index in [1.165, 1.54) is 6.07 Å². The van der Waals surface area contributed by atoms with Gasteiger partial charge in [0.15, 0.2) is 5.82 Å². The summed E-state index contributed by atoms with van der Waals surface area (Å²) < 4.78 is 20.4. The van der Waals surface area contributed by atoms with Gasteiger partial charge in [0.2, 0.25) is 0 Å². The normalized spacial score (nSPS) is 11.0. The van der Waals surface area contributed by atoms with Gasteiger partial charge in [0.25, 0.3) is 0 Å². The maximum Gasteiger partial charge on any atom is 0.404 e. The molecule has 3 rings (SSSR count). The van der Waals surface area contributed by atoms with E-state index < -0.39 is 6.09 Å². The smallest absolute Gasteiger partial charge is 0.404 e. The number of aryl methyl sites for hydroxylation is 1. The van der Waals surface area contributed by atoms with E-state index in [0.29, 0.717) is 17.8 Å². The molecule has 2 N–H and O–H groups in total. The first-order chi connectivity index (χ1) is 12.6. The number of rotatable bonds is 8. The standard InChI is InChI=1S/C18H20FN5O2/c19-14-6-5-7-15-17(14)23-16(11-21-15)13-10-22-24(12-13)8-3-1-2-4-9-26-18(20)25/h5-7,10-12H,1-4,8-9H2,(H2,20,25). The van der Waals surface area contributed by atoms with Crippen molar-refractivity contribution in [3.63, 3.8) is 0 Å². The molecule has 3 aromatic rings. The van der Waals surface area contributed by atoms with Crippen LogP contribution in [0, 0.1) is 5.82 Å². The molecule has 136 valence electrons. The molecule has 0 aliphatic rings. The van der Waals surface area contributed by atoms with Crippen LogP contribution in [0.3, 0.4) is 0 Å². The number of unbranched alkanes of at least 4 members (excludes halogenated alkanes) is 3. The number of benzene rings is 1. The third kappa shape index (κ3) is 4.53. The fourth-order valence-electron chi connectivity index (χ4n) is 2.66. The summed E-state index contributed by atoms with van der Waals surface area (Å²) in [7, 11) is 0. The second-order valence-corrected chi connectivity index (χ2v) is 5.94. The van der Waals surface area contributed by atoms with Crippen LogP contribution in [0.2, 0.25) is 0 Å². The molecule has 1 amide bonds. The van der Waals surface area contributed by atoms with E-state index in [1.807, 2.05) is 10.9 Å². The molecule has 0 fully saturated rings. The summed E-state index contributed by atoms with van der Waals surface area (Å²) in [5.74, 6) is -0.385. The van der Waals surface area contributed by atoms with Crippen molar-refractivity contribution < 1.29 is 13.9 Å². The van der Waals surface area contributed by atoms with Gasteiger partial charge in [-0.05, 0) is 31.4 Å². The van der Waals surface area contributed by atoms with Gasteiger partial charge in [-0.1, -0.05) is 12.5 Å². The first kappa shape index (κ1) is 17.8. The Bertz CT molecular complexity index is 896. The molecule has 0 unspecified atom stereocenters. The molecule has 8 heteroatoms. The quantitative estimate of drug-likeness (QED) is 0.624. The fourth-order valence-corrected chi connectivity index (χ4v) is 2.66. The van der Waals surface area contributed by atoms with E-state index in [9.17, 15) is 9.18 Å². The molecule has 0 aliphatic carbocycles. The average Bonchev–Trinajstić information content (AvgIpc) is 3.10. The van der Waals surface area contributed by atoms with E-state index in [2.05, 4.69) is 19.8 Å². The highest BCUT2D eigenvalue weighted by Crippen LogP contribution is 2.20. The molecular formula is C18H20FN5O2. The first-order valence-electron chi connectivity index (χ1n) is 8.50. The molecule has 7 nitrogen and oxygen atoms in total. The Labute approximate surface area is 150 Å². The SMILES string of the molecule is NC(=O)OCCCCCCn1cc(-c2cnc3cccc(F)c3n2)cn1. The van der Waals surface area contributed by atoms with E-state index in [4.69, 9.17) is 5.73 Å². The molecule has 0 radical (unpaired) electrons. The van der Waals surface area contributed by atoms with Gasteiger partial charge in [-0.3, -0.25) is 9.67 Å². The maximum absolute atomic E-state index is 13.9. The zero-order valence-corrected chi connectivity index (χ0v) is 14.3. The molecule has 0 atom stereocenters. The average molecular weight is 357 g/mol. The molecule has 0 spiro atoms. The number of hydrogen-bond acceptors (Lipinski definition) is 5. The fraction of sp³-hybridized carbons (Fsp3) is 0.333. The van der Waals surface area contributed by atoms with Crippen molar-refractivity contribution in [2.24, 2.45) is 5.73 Å². The Hall–Kier alpha value is -3.03. The summed E-state index contributed by atoms with van der Waals surface area (Å²) in [4.78, 5) is 19.1. The van der Waals surface area contributed by atoms with Crippen LogP contribution in [0.1, 0.15) is 25.7 Å². The van der Waals surface area contributed by atoms with Gasteiger partial charge in [0.05, 0.1) is 30.2 Å². The van der Waals surface area contributed by atoms with Crippen molar-refractivity contribution in [3.05, 3.63) is 42.6 Å². The lowest BCUT2D eigenvalue weighted by molar-refractivity contribution is 0.154. The number of aromatic nitrogens is 4. The van der Waals surface area contributed by atoms with Crippen LogP contribution in [0.5, 0.6) is 0 Å². The van der Waals surface area contributed by atoms with Crippen molar-refractivity contribution in [1.82, 2.24) is 19.7 Å². The molecule has 2 aromatic heterocycles. The highest BCUT2D eigenvalue weighted by Gasteiger charge is 2.08. The van der Waals surface area contributed by atoms with Gasteiger partial charge in [-0.2, -0.15) is 5.10 Å². The highest BCUT2D eigenvalue weighted by atomic mass is 19.1. The minimum Gasteiger partial charge on any atom is -0.450 e. The number of carbonyl (C=O) groups is 1. The van der Waals surface area contributed by atoms with Crippen LogP contribution in [-0.4, -0.2) is 32.4 Å². The Morgan fingerprint density at radius 2 is 2.04 bits per heavy atom. The number of para-hydroxylation sites is 1. The molecule has 2 heterocycles. The number of carbonyl (C=O) groups excluding carboxylic acids is 1. The minimum absolute atomic E-state index is 0.260. The second kappa shape index (κ2) is 8.37. The summed E-state index contributed by atoms with van der Waals surface area (Å²) >= 11 is 0. The highest BCUT2D eigenvalue weighted by molar-refractivity contribution is 5.77. The van der Waals surface area contributed by atoms with Crippen LogP contribution in [-0.2, 0) is 11.3 Å². The molecule has 0 aliphatic heterocycles. The van der Waals surface area contributed by atoms with Crippen LogP contribution in [0.4, 0.5) is 9.18 Å². The third-order valence-electron chi connectivity index (χ3n) is 3.98. The first-order valence-corrected chi connectivity index (χ1v) is 8.50. The minimum atomic E-state index is -0.731. The van der Waals surface area contributed by atoms with Crippen molar-refractivity contribution in [3.8, 4) is 11.3 Å². The number of nitrogens with zero attached hydrogens (tertiary/aromatic N) is 4. The van der Waals surface area contributed by atoms with E-state index in [1.54, 1.807) is 24.5 Å². The number of fused-ring (bicyclic) bond motifs is 1. The summed E-state index contributed by atoms with van der Waals surface area (Å²) in [6, 6.07) is 4.72. The predicted molar refractivity (Wildman–Crippen MR) is 94.7 cm³/mol. The lowest BCUT2D eigenvalue weighted by atomic mass is 10.2. The predicted octanol–water partition coefficient (Wildman–Crippen LogP) is 3.29. The Kier molecular flexibility index (Phi) is 5.73. The summed E-state index contributed by atoms with van der Waals surface area (Å²) in [6.45, 7) is 1.13. The van der Waals surface area contributed by atoms with Gasteiger partial charge in [-0.25, -0.2) is 14.2 Å². The van der Waals surface area contributed by atoms with Crippen molar-refractivity contribution in [2.75, 3.05) is 6.61 Å². The summed E-state index contributed by atoms with van der Waals surface area (Å²) in [5.41, 5.74) is 7.08. The molecule has 0 saturated heterocycles. The number of nitrogens with two attached hydrogens (primary N) is 1. The lowest BCUT2D eigenvalue weighted by Crippen LogP contribution is -2.13. The Morgan fingerprint density at radius 3 is 2.88 bits per heavy atom. The van der Waals surface area contributed by atoms with E-state index in [-0.39, 0.29) is 11.3 Å². The zero-order chi connectivity index (χ0) is 18.4. The maximum atomic E-state index is 13.9. The Balaban J connectivity index is 1.53. The van der Waals surface area contributed by atoms with Gasteiger partial charge in [0, 0.05) is 18.3 Å². The third-order valence-corrected chi connectivity index (χ3v) is 3.98. The van der Waals surface area contributed by atoms with E-state index in [0.717, 1.165) is 37.8 Å². The number of amides is 1. The van der Waals surface area contributed by atoms with Crippen molar-refractivity contribution in [1.29, 1.82) is 0 Å². The molecule has 26 heavy (non-hydrogen) atoms. The Morgan fingerprint density at radius 1 is 1.19 bits per heavy atom. The molecule has 0 bridgehead atoms. The van der Waals surface area contributed by atoms with Crippen LogP contribution in [0.25, 0.3) is 22.3 Å². The van der Waals surface area contributed by atoms with Crippen molar-refractivity contribution in [2.45, 2.75) is 32.2 Å². The zero-order valence-electron chi connectivity index (χ0n) is 14.3. The second-order valence-electron chi connectivity index (χ2n) is 5.94. The topological polar surface area (TPSA) is 95.9 Å². The van der Waals surface area contributed by atoms with Gasteiger partial charge in [-0.15, -0.1) is 0 Å². The largest absolute Gasteiger partial charge is 0.450 e. The number of primary amides is 1. The van der Waals surface area contributed by atoms with Gasteiger partial charge >= 0.3 is 6.09 Å². The number of hydrogen-bond donors (Lipinski definition) is 1. The van der Waals surface area contributed by atoms with Gasteiger partial charge in [0.1, 0.15) is 5.52 Å². The van der Waals surface area contributed by atoms with Crippen LogP contribution >= 0.6 is 0 Å². The molecule has 0 saturated carbocycles. The molecular weight excluding hydrogens is 337 g/mol. The van der Waals surface area contributed by atoms with Crippen molar-refractivity contribution >= 4 is 17.1 Å². The van der Waals surface area contributed by atoms with Crippen LogP contribution < -0.4 is 5.73 Å². The van der Waals surface area contributed by atoms with Crippen LogP contribution in [0.15, 0.2) is 36.8 Å². The summed E-state index contributed by atoms with van der Waals surface area (Å²) in [5, 5.41) is 4.32. The van der Waals surface area contributed by atoms with Gasteiger partial charge < -0.3 is 10.5 Å². The van der Waals surface area contributed by atoms with E-state index >= 15 is 0 Å². The number of ether oxygens (including phenoxy) is 1. The lowest BCUT2D eigenvalue weighted by Gasteiger charge is -2.03.